The van der Waals surface area contributed by atoms with E-state index in [4.69, 9.17) is 30.3 Å². The summed E-state index contributed by atoms with van der Waals surface area (Å²) in [6.45, 7) is 2.75. The van der Waals surface area contributed by atoms with Gasteiger partial charge in [0.05, 0.1) is 48.3 Å². The van der Waals surface area contributed by atoms with Gasteiger partial charge in [-0.25, -0.2) is 9.78 Å². The number of halogens is 1. The molecule has 3 aromatic rings. The number of aryl methyl sites for hydroxylation is 1. The van der Waals surface area contributed by atoms with Crippen molar-refractivity contribution in [3.05, 3.63) is 52.1 Å². The maximum atomic E-state index is 11.3. The van der Waals surface area contributed by atoms with Crippen LogP contribution in [0.3, 0.4) is 0 Å². The highest BCUT2D eigenvalue weighted by molar-refractivity contribution is 6.33. The topological polar surface area (TPSA) is 117 Å². The van der Waals surface area contributed by atoms with E-state index in [2.05, 4.69) is 15.1 Å². The molecule has 3 aromatic heterocycles. The van der Waals surface area contributed by atoms with Gasteiger partial charge in [-0.3, -0.25) is 4.98 Å². The highest BCUT2D eigenvalue weighted by Gasteiger charge is 2.50. The van der Waals surface area contributed by atoms with Gasteiger partial charge in [-0.15, -0.1) is 0 Å². The molecule has 7 rings (SSSR count). The smallest absolute Gasteiger partial charge is 0.337 e. The summed E-state index contributed by atoms with van der Waals surface area (Å²) in [5, 5.41) is 14.1. The molecule has 0 aliphatic heterocycles. The van der Waals surface area contributed by atoms with Gasteiger partial charge < -0.3 is 23.8 Å². The average molecular weight is 554 g/mol. The van der Waals surface area contributed by atoms with E-state index in [0.29, 0.717) is 52.6 Å². The van der Waals surface area contributed by atoms with Gasteiger partial charge in [-0.05, 0) is 63.9 Å². The first-order valence-corrected chi connectivity index (χ1v) is 13.8. The van der Waals surface area contributed by atoms with E-state index in [0.717, 1.165) is 62.7 Å². The number of aromatic nitrogens is 3. The zero-order valence-electron chi connectivity index (χ0n) is 22.2. The molecule has 0 atom stereocenters. The van der Waals surface area contributed by atoms with Crippen molar-refractivity contribution in [2.75, 3.05) is 13.7 Å². The maximum absolute atomic E-state index is 11.3. The lowest BCUT2D eigenvalue weighted by Gasteiger charge is -2.52. The number of fused-ring (bicyclic) bond motifs is 3. The van der Waals surface area contributed by atoms with Gasteiger partial charge in [0.15, 0.2) is 0 Å². The SMILES string of the molecule is COc1cncc(Cl)c1-c1noc(C2CC2)c1COC12CCC(COc3cc(C)c(C(=O)O)cn3)(CC1)CC2. The van der Waals surface area contributed by atoms with Crippen molar-refractivity contribution in [1.82, 2.24) is 15.1 Å². The van der Waals surface area contributed by atoms with Crippen LogP contribution in [-0.2, 0) is 11.3 Å². The number of hydrogen-bond acceptors (Lipinski definition) is 8. The molecule has 39 heavy (non-hydrogen) atoms. The molecule has 4 fully saturated rings. The Labute approximate surface area is 231 Å². The highest BCUT2D eigenvalue weighted by atomic mass is 35.5. The van der Waals surface area contributed by atoms with E-state index >= 15 is 0 Å². The lowest BCUT2D eigenvalue weighted by molar-refractivity contribution is -0.150. The molecule has 3 heterocycles. The number of ether oxygens (including phenoxy) is 3. The van der Waals surface area contributed by atoms with Gasteiger partial charge in [0.1, 0.15) is 17.2 Å². The van der Waals surface area contributed by atoms with Crippen LogP contribution >= 0.6 is 11.6 Å². The second-order valence-corrected chi connectivity index (χ2v) is 11.7. The molecule has 0 aromatic carbocycles. The summed E-state index contributed by atoms with van der Waals surface area (Å²) >= 11 is 6.54. The third kappa shape index (κ3) is 4.98. The van der Waals surface area contributed by atoms with Gasteiger partial charge in [0.2, 0.25) is 5.88 Å². The van der Waals surface area contributed by atoms with E-state index in [1.807, 2.05) is 0 Å². The molecule has 0 amide bonds. The largest absolute Gasteiger partial charge is 0.494 e. The number of carboxylic acid groups (broad SMARTS) is 1. The number of methoxy groups -OCH3 is 1. The molecular formula is C29H32ClN3O6. The molecule has 0 saturated heterocycles. The van der Waals surface area contributed by atoms with E-state index in [9.17, 15) is 9.90 Å². The first-order chi connectivity index (χ1) is 18.8. The van der Waals surface area contributed by atoms with Gasteiger partial charge in [-0.2, -0.15) is 0 Å². The quantitative estimate of drug-likeness (QED) is 0.305. The number of carbonyl (C=O) groups is 1. The molecule has 0 spiro atoms. The normalized spacial score (nSPS) is 24.1. The summed E-state index contributed by atoms with van der Waals surface area (Å²) in [4.78, 5) is 19.6. The molecule has 10 heteroatoms. The molecule has 4 aliphatic rings. The first kappa shape index (κ1) is 26.1. The summed E-state index contributed by atoms with van der Waals surface area (Å²) < 4.78 is 24.2. The molecule has 2 bridgehead atoms. The van der Waals surface area contributed by atoms with Gasteiger partial charge in [-0.1, -0.05) is 16.8 Å². The summed E-state index contributed by atoms with van der Waals surface area (Å²) in [6, 6.07) is 1.71. The minimum Gasteiger partial charge on any atom is -0.494 e. The number of nitrogens with zero attached hydrogens (tertiary/aromatic N) is 3. The molecular weight excluding hydrogens is 522 g/mol. The third-order valence-electron chi connectivity index (χ3n) is 8.79. The van der Waals surface area contributed by atoms with Crippen molar-refractivity contribution in [2.45, 2.75) is 76.4 Å². The van der Waals surface area contributed by atoms with Crippen LogP contribution in [0.1, 0.15) is 84.5 Å². The third-order valence-corrected chi connectivity index (χ3v) is 9.07. The average Bonchev–Trinajstić information content (AvgIpc) is 3.71. The van der Waals surface area contributed by atoms with Crippen LogP contribution in [-0.4, -0.2) is 45.5 Å². The van der Waals surface area contributed by atoms with Crippen molar-refractivity contribution in [3.8, 4) is 22.9 Å². The predicted octanol–water partition coefficient (Wildman–Crippen LogP) is 6.37. The van der Waals surface area contributed by atoms with Crippen LogP contribution in [0.2, 0.25) is 5.02 Å². The Balaban J connectivity index is 1.14. The van der Waals surface area contributed by atoms with Crippen LogP contribution in [0.4, 0.5) is 0 Å². The fraction of sp³-hybridized carbons (Fsp3) is 0.517. The van der Waals surface area contributed by atoms with Crippen LogP contribution in [0.5, 0.6) is 11.6 Å². The predicted molar refractivity (Wildman–Crippen MR) is 142 cm³/mol. The van der Waals surface area contributed by atoms with Crippen LogP contribution in [0.15, 0.2) is 29.2 Å². The van der Waals surface area contributed by atoms with E-state index < -0.39 is 5.97 Å². The number of hydrogen-bond donors (Lipinski definition) is 1. The Kier molecular flexibility index (Phi) is 6.75. The minimum atomic E-state index is -0.980. The second-order valence-electron chi connectivity index (χ2n) is 11.2. The molecule has 9 nitrogen and oxygen atoms in total. The Morgan fingerprint density at radius 1 is 1.15 bits per heavy atom. The lowest BCUT2D eigenvalue weighted by atomic mass is 9.59. The molecule has 4 saturated carbocycles. The number of rotatable bonds is 10. The van der Waals surface area contributed by atoms with Crippen molar-refractivity contribution in [1.29, 1.82) is 0 Å². The Morgan fingerprint density at radius 2 is 1.90 bits per heavy atom. The monoisotopic (exact) mass is 553 g/mol. The first-order valence-electron chi connectivity index (χ1n) is 13.5. The molecule has 1 N–H and O–H groups in total. The molecule has 0 unspecified atom stereocenters. The minimum absolute atomic E-state index is 0.0889. The Hall–Kier alpha value is -3.17. The fourth-order valence-electron chi connectivity index (χ4n) is 6.07. The van der Waals surface area contributed by atoms with Crippen LogP contribution < -0.4 is 9.47 Å². The highest BCUT2D eigenvalue weighted by Crippen LogP contribution is 2.55. The summed E-state index contributed by atoms with van der Waals surface area (Å²) in [5.41, 5.74) is 3.06. The maximum Gasteiger partial charge on any atom is 0.337 e. The van der Waals surface area contributed by atoms with Crippen molar-refractivity contribution < 1.29 is 28.6 Å². The number of pyridine rings is 2. The Bertz CT molecular complexity index is 1380. The summed E-state index contributed by atoms with van der Waals surface area (Å²) in [6.07, 6.45) is 12.7. The van der Waals surface area contributed by atoms with Gasteiger partial charge >= 0.3 is 5.97 Å². The van der Waals surface area contributed by atoms with Crippen LogP contribution in [0, 0.1) is 12.3 Å². The van der Waals surface area contributed by atoms with Crippen molar-refractivity contribution in [2.24, 2.45) is 5.41 Å². The Morgan fingerprint density at radius 3 is 2.54 bits per heavy atom. The molecule has 0 radical (unpaired) electrons. The number of aromatic carboxylic acids is 1. The van der Waals surface area contributed by atoms with E-state index in [1.165, 1.54) is 6.20 Å². The van der Waals surface area contributed by atoms with E-state index in [1.54, 1.807) is 32.5 Å². The fourth-order valence-corrected chi connectivity index (χ4v) is 6.31. The number of carboxylic acids is 1. The lowest BCUT2D eigenvalue weighted by Crippen LogP contribution is -2.49. The van der Waals surface area contributed by atoms with E-state index in [-0.39, 0.29) is 16.6 Å². The van der Waals surface area contributed by atoms with Crippen molar-refractivity contribution >= 4 is 17.6 Å². The second kappa shape index (κ2) is 10.1. The molecule has 4 aliphatic carbocycles. The summed E-state index contributed by atoms with van der Waals surface area (Å²) in [5.74, 6) is 1.32. The zero-order chi connectivity index (χ0) is 27.2. The van der Waals surface area contributed by atoms with Gasteiger partial charge in [0, 0.05) is 35.4 Å². The van der Waals surface area contributed by atoms with Crippen molar-refractivity contribution in [3.63, 3.8) is 0 Å². The van der Waals surface area contributed by atoms with Gasteiger partial charge in [0.25, 0.3) is 0 Å². The zero-order valence-corrected chi connectivity index (χ0v) is 22.9. The summed E-state index contributed by atoms with van der Waals surface area (Å²) in [7, 11) is 1.59. The molecule has 206 valence electrons. The van der Waals surface area contributed by atoms with Crippen LogP contribution in [0.25, 0.3) is 11.3 Å². The standard InChI is InChI=1S/C29H32ClN3O6/c1-17-11-23(32-12-19(17)27(34)35)37-16-28-5-8-29(9-6-28,10-7-28)38-15-20-25(33-39-26(20)18-3-4-18)24-21(30)13-31-14-22(24)36-2/h11-14,18H,3-10,15-16H2,1-2H3,(H,34,35).